The quantitative estimate of drug-likeness (QED) is 0.298. The van der Waals surface area contributed by atoms with Gasteiger partial charge < -0.3 is 5.32 Å². The molecule has 0 fully saturated rings. The molecule has 34 heavy (non-hydrogen) atoms. The van der Waals surface area contributed by atoms with Gasteiger partial charge >= 0.3 is 0 Å². The summed E-state index contributed by atoms with van der Waals surface area (Å²) in [4.78, 5) is 14.2. The first-order valence-electron chi connectivity index (χ1n) is 12.0. The van der Waals surface area contributed by atoms with Gasteiger partial charge in [0, 0.05) is 11.8 Å². The van der Waals surface area contributed by atoms with Gasteiger partial charge in [0.25, 0.3) is 0 Å². The Morgan fingerprint density at radius 2 is 1.68 bits per heavy atom. The van der Waals surface area contributed by atoms with Gasteiger partial charge in [-0.1, -0.05) is 63.6 Å². The molecule has 4 rings (SSSR count). The predicted octanol–water partition coefficient (Wildman–Crippen LogP) is 6.85. The lowest BCUT2D eigenvalue weighted by molar-refractivity contribution is -0.111. The number of rotatable bonds is 8. The Kier molecular flexibility index (Phi) is 7.21. The number of aromatic nitrogens is 3. The molecule has 0 aliphatic rings. The van der Waals surface area contributed by atoms with Gasteiger partial charge in [-0.3, -0.25) is 4.79 Å². The smallest absolute Gasteiger partial charge is 0.248 e. The van der Waals surface area contributed by atoms with Crippen LogP contribution in [0.15, 0.2) is 66.7 Å². The molecule has 0 aliphatic carbocycles. The molecule has 3 aromatic carbocycles. The summed E-state index contributed by atoms with van der Waals surface area (Å²) in [6.07, 6.45) is 6.86. The highest BCUT2D eigenvalue weighted by Gasteiger charge is 2.10. The SMILES string of the molecule is CCCCc1ccc(-n2nc3cc(C)c(NC(=O)/C=C/c4ccc(C(C)C)cc4)cc3n2)cc1. The van der Waals surface area contributed by atoms with Crippen LogP contribution in [0.2, 0.25) is 0 Å². The van der Waals surface area contributed by atoms with Crippen molar-refractivity contribution < 1.29 is 4.79 Å². The highest BCUT2D eigenvalue weighted by Crippen LogP contribution is 2.23. The number of hydrogen-bond donors (Lipinski definition) is 1. The zero-order valence-corrected chi connectivity index (χ0v) is 20.4. The summed E-state index contributed by atoms with van der Waals surface area (Å²) in [5.41, 5.74) is 7.74. The molecular formula is C29H32N4O. The molecule has 0 radical (unpaired) electrons. The van der Waals surface area contributed by atoms with Crippen molar-refractivity contribution >= 4 is 28.7 Å². The van der Waals surface area contributed by atoms with E-state index in [4.69, 9.17) is 0 Å². The number of anilines is 1. The van der Waals surface area contributed by atoms with Crippen LogP contribution >= 0.6 is 0 Å². The summed E-state index contributed by atoms with van der Waals surface area (Å²) >= 11 is 0. The van der Waals surface area contributed by atoms with Gasteiger partial charge in [-0.15, -0.1) is 10.2 Å². The van der Waals surface area contributed by atoms with E-state index in [1.165, 1.54) is 24.0 Å². The van der Waals surface area contributed by atoms with E-state index in [1.807, 2.05) is 37.3 Å². The van der Waals surface area contributed by atoms with E-state index in [0.717, 1.165) is 40.0 Å². The molecule has 1 amide bonds. The summed E-state index contributed by atoms with van der Waals surface area (Å²) in [7, 11) is 0. The Labute approximate surface area is 201 Å². The Bertz CT molecular complexity index is 1300. The summed E-state index contributed by atoms with van der Waals surface area (Å²) in [6, 6.07) is 20.5. The van der Waals surface area contributed by atoms with Crippen molar-refractivity contribution in [3.63, 3.8) is 0 Å². The van der Waals surface area contributed by atoms with Gasteiger partial charge in [-0.25, -0.2) is 0 Å². The fourth-order valence-electron chi connectivity index (χ4n) is 3.83. The van der Waals surface area contributed by atoms with E-state index in [-0.39, 0.29) is 5.91 Å². The van der Waals surface area contributed by atoms with Gasteiger partial charge in [0.15, 0.2) is 0 Å². The minimum atomic E-state index is -0.176. The van der Waals surface area contributed by atoms with Crippen LogP contribution in [0.3, 0.4) is 0 Å². The Hall–Kier alpha value is -3.73. The van der Waals surface area contributed by atoms with Crippen LogP contribution in [0.4, 0.5) is 5.69 Å². The predicted molar refractivity (Wildman–Crippen MR) is 140 cm³/mol. The van der Waals surface area contributed by atoms with Gasteiger partial charge in [-0.2, -0.15) is 4.80 Å². The van der Waals surface area contributed by atoms with Crippen LogP contribution in [-0.2, 0) is 11.2 Å². The van der Waals surface area contributed by atoms with E-state index >= 15 is 0 Å². The van der Waals surface area contributed by atoms with Crippen molar-refractivity contribution in [1.29, 1.82) is 0 Å². The number of carbonyl (C=O) groups is 1. The zero-order chi connectivity index (χ0) is 24.1. The molecule has 0 saturated heterocycles. The second kappa shape index (κ2) is 10.5. The van der Waals surface area contributed by atoms with Gasteiger partial charge in [0.2, 0.25) is 5.91 Å². The normalized spacial score (nSPS) is 11.6. The number of benzene rings is 3. The fourth-order valence-corrected chi connectivity index (χ4v) is 3.83. The second-order valence-corrected chi connectivity index (χ2v) is 9.06. The van der Waals surface area contributed by atoms with E-state index in [2.05, 4.69) is 72.7 Å². The topological polar surface area (TPSA) is 59.8 Å². The van der Waals surface area contributed by atoms with Crippen LogP contribution in [0.1, 0.15) is 61.8 Å². The molecule has 4 aromatic rings. The van der Waals surface area contributed by atoms with Gasteiger partial charge in [-0.05, 0) is 78.3 Å². The first-order valence-corrected chi connectivity index (χ1v) is 12.0. The highest BCUT2D eigenvalue weighted by molar-refractivity contribution is 6.03. The largest absolute Gasteiger partial charge is 0.322 e. The number of unbranched alkanes of at least 4 members (excludes halogenated alkanes) is 1. The molecule has 0 spiro atoms. The zero-order valence-electron chi connectivity index (χ0n) is 20.4. The molecule has 1 heterocycles. The number of amides is 1. The average molecular weight is 453 g/mol. The highest BCUT2D eigenvalue weighted by atomic mass is 16.1. The number of hydrogen-bond acceptors (Lipinski definition) is 3. The maximum Gasteiger partial charge on any atom is 0.248 e. The third kappa shape index (κ3) is 5.60. The van der Waals surface area contributed by atoms with Crippen molar-refractivity contribution in [2.24, 2.45) is 0 Å². The molecule has 0 atom stereocenters. The van der Waals surface area contributed by atoms with Gasteiger partial charge in [0.1, 0.15) is 11.0 Å². The van der Waals surface area contributed by atoms with Crippen LogP contribution in [0.25, 0.3) is 22.8 Å². The van der Waals surface area contributed by atoms with E-state index in [9.17, 15) is 4.79 Å². The van der Waals surface area contributed by atoms with E-state index in [1.54, 1.807) is 10.9 Å². The first kappa shape index (κ1) is 23.4. The van der Waals surface area contributed by atoms with Gasteiger partial charge in [0.05, 0.1) is 5.69 Å². The fraction of sp³-hybridized carbons (Fsp3) is 0.276. The molecule has 0 saturated carbocycles. The Morgan fingerprint density at radius 3 is 2.32 bits per heavy atom. The standard InChI is InChI=1S/C29H32N4O/c1-5-6-7-22-10-15-25(16-11-22)33-31-27-18-21(4)26(19-28(27)32-33)30-29(34)17-12-23-8-13-24(14-9-23)20(2)3/h8-20H,5-7H2,1-4H3,(H,30,34)/b17-12+. The molecule has 174 valence electrons. The Morgan fingerprint density at radius 1 is 1.00 bits per heavy atom. The summed E-state index contributed by atoms with van der Waals surface area (Å²) < 4.78 is 0. The third-order valence-corrected chi connectivity index (χ3v) is 6.00. The van der Waals surface area contributed by atoms with Crippen molar-refractivity contribution in [3.05, 3.63) is 89.0 Å². The molecule has 0 aliphatic heterocycles. The van der Waals surface area contributed by atoms with Crippen molar-refractivity contribution in [1.82, 2.24) is 15.0 Å². The lowest BCUT2D eigenvalue weighted by atomic mass is 10.0. The Balaban J connectivity index is 1.47. The molecule has 0 bridgehead atoms. The first-order chi connectivity index (χ1) is 16.4. The summed E-state index contributed by atoms with van der Waals surface area (Å²) in [6.45, 7) is 8.50. The minimum absolute atomic E-state index is 0.176. The number of fused-ring (bicyclic) bond motifs is 1. The van der Waals surface area contributed by atoms with Crippen LogP contribution in [0.5, 0.6) is 0 Å². The van der Waals surface area contributed by atoms with E-state index < -0.39 is 0 Å². The summed E-state index contributed by atoms with van der Waals surface area (Å²) in [5.74, 6) is 0.313. The van der Waals surface area contributed by atoms with Crippen LogP contribution in [0, 0.1) is 6.92 Å². The maximum atomic E-state index is 12.5. The number of nitrogens with zero attached hydrogens (tertiary/aromatic N) is 3. The molecule has 5 heteroatoms. The third-order valence-electron chi connectivity index (χ3n) is 6.00. The molecular weight excluding hydrogens is 420 g/mol. The van der Waals surface area contributed by atoms with Crippen LogP contribution < -0.4 is 5.32 Å². The van der Waals surface area contributed by atoms with Crippen molar-refractivity contribution in [2.45, 2.75) is 52.9 Å². The molecule has 5 nitrogen and oxygen atoms in total. The summed E-state index contributed by atoms with van der Waals surface area (Å²) in [5, 5.41) is 12.2. The number of carbonyl (C=O) groups excluding carboxylic acids is 1. The molecule has 0 unspecified atom stereocenters. The maximum absolute atomic E-state index is 12.5. The number of nitrogens with one attached hydrogen (secondary N) is 1. The lowest BCUT2D eigenvalue weighted by Crippen LogP contribution is -2.08. The minimum Gasteiger partial charge on any atom is -0.322 e. The van der Waals surface area contributed by atoms with Crippen LogP contribution in [-0.4, -0.2) is 20.9 Å². The second-order valence-electron chi connectivity index (χ2n) is 9.06. The van der Waals surface area contributed by atoms with E-state index in [0.29, 0.717) is 5.92 Å². The molecule has 1 N–H and O–H groups in total. The molecule has 1 aromatic heterocycles. The van der Waals surface area contributed by atoms with Crippen molar-refractivity contribution in [3.8, 4) is 5.69 Å². The average Bonchev–Trinajstić information content (AvgIpc) is 3.25. The monoisotopic (exact) mass is 452 g/mol. The van der Waals surface area contributed by atoms with Crippen molar-refractivity contribution in [2.75, 3.05) is 5.32 Å². The lowest BCUT2D eigenvalue weighted by Gasteiger charge is -2.06. The number of aryl methyl sites for hydroxylation is 2.